The summed E-state index contributed by atoms with van der Waals surface area (Å²) in [5.41, 5.74) is 2.21. The lowest BCUT2D eigenvalue weighted by atomic mass is 10.0. The number of hydrogen-bond acceptors (Lipinski definition) is 5. The predicted octanol–water partition coefficient (Wildman–Crippen LogP) is 5.43. The number of para-hydroxylation sites is 1. The summed E-state index contributed by atoms with van der Waals surface area (Å²) in [7, 11) is 0. The van der Waals surface area contributed by atoms with Crippen LogP contribution in [0.4, 0.5) is 5.00 Å². The molecule has 0 aliphatic carbocycles. The molecule has 0 spiro atoms. The van der Waals surface area contributed by atoms with E-state index in [-0.39, 0.29) is 5.91 Å². The summed E-state index contributed by atoms with van der Waals surface area (Å²) in [5.74, 6) is 1.18. The molecule has 1 amide bonds. The Bertz CT molecular complexity index is 1080. The van der Waals surface area contributed by atoms with E-state index in [0.29, 0.717) is 27.9 Å². The average Bonchev–Trinajstić information content (AvgIpc) is 3.11. The number of benzene rings is 2. The van der Waals surface area contributed by atoms with Gasteiger partial charge in [-0.25, -0.2) is 0 Å². The van der Waals surface area contributed by atoms with Crippen LogP contribution in [0.2, 0.25) is 0 Å². The SMILES string of the molecule is CC(C)N1CCc2c(sc(NC(=O)c3ccc(Oc4ccccc4)cc3)c2C#N)C1. The molecule has 0 unspecified atom stereocenters. The monoisotopic (exact) mass is 417 g/mol. The molecule has 5 nitrogen and oxygen atoms in total. The van der Waals surface area contributed by atoms with Gasteiger partial charge in [0.1, 0.15) is 22.6 Å². The summed E-state index contributed by atoms with van der Waals surface area (Å²) < 4.78 is 5.77. The van der Waals surface area contributed by atoms with Crippen LogP contribution in [0, 0.1) is 11.3 Å². The van der Waals surface area contributed by atoms with Gasteiger partial charge in [-0.2, -0.15) is 5.26 Å². The molecule has 0 bridgehead atoms. The van der Waals surface area contributed by atoms with Crippen molar-refractivity contribution < 1.29 is 9.53 Å². The summed E-state index contributed by atoms with van der Waals surface area (Å²) in [6.07, 6.45) is 0.842. The van der Waals surface area contributed by atoms with E-state index in [1.807, 2.05) is 30.3 Å². The van der Waals surface area contributed by atoms with Crippen molar-refractivity contribution in [2.75, 3.05) is 11.9 Å². The summed E-state index contributed by atoms with van der Waals surface area (Å²) in [4.78, 5) is 16.3. The molecule has 6 heteroatoms. The van der Waals surface area contributed by atoms with Gasteiger partial charge in [-0.15, -0.1) is 11.3 Å². The molecule has 2 heterocycles. The highest BCUT2D eigenvalue weighted by Crippen LogP contribution is 2.37. The molecule has 1 aliphatic rings. The van der Waals surface area contributed by atoms with Crippen molar-refractivity contribution in [3.05, 3.63) is 76.2 Å². The number of anilines is 1. The Hall–Kier alpha value is -3.14. The van der Waals surface area contributed by atoms with E-state index in [0.717, 1.165) is 30.8 Å². The Balaban J connectivity index is 1.48. The minimum absolute atomic E-state index is 0.225. The van der Waals surface area contributed by atoms with Crippen LogP contribution < -0.4 is 10.1 Å². The van der Waals surface area contributed by atoms with Crippen molar-refractivity contribution in [2.24, 2.45) is 0 Å². The first-order valence-electron chi connectivity index (χ1n) is 9.98. The summed E-state index contributed by atoms with van der Waals surface area (Å²) in [6, 6.07) is 19.3. The third-order valence-electron chi connectivity index (χ3n) is 5.25. The van der Waals surface area contributed by atoms with E-state index in [2.05, 4.69) is 30.1 Å². The van der Waals surface area contributed by atoms with Crippen LogP contribution in [0.25, 0.3) is 0 Å². The number of ether oxygens (including phenoxy) is 1. The number of carbonyl (C=O) groups is 1. The van der Waals surface area contributed by atoms with Crippen LogP contribution in [0.5, 0.6) is 11.5 Å². The van der Waals surface area contributed by atoms with Gasteiger partial charge in [0.2, 0.25) is 0 Å². The number of amides is 1. The Labute approximate surface area is 180 Å². The van der Waals surface area contributed by atoms with E-state index in [4.69, 9.17) is 4.74 Å². The second-order valence-corrected chi connectivity index (χ2v) is 8.63. The highest BCUT2D eigenvalue weighted by molar-refractivity contribution is 7.16. The number of rotatable bonds is 5. The van der Waals surface area contributed by atoms with E-state index in [1.54, 1.807) is 24.3 Å². The summed E-state index contributed by atoms with van der Waals surface area (Å²) in [6.45, 7) is 6.12. The van der Waals surface area contributed by atoms with Gasteiger partial charge in [0.05, 0.1) is 5.56 Å². The van der Waals surface area contributed by atoms with Crippen LogP contribution in [0.15, 0.2) is 54.6 Å². The van der Waals surface area contributed by atoms with Gasteiger partial charge in [0, 0.05) is 29.6 Å². The number of carbonyl (C=O) groups excluding carboxylic acids is 1. The maximum Gasteiger partial charge on any atom is 0.256 e. The predicted molar refractivity (Wildman–Crippen MR) is 119 cm³/mol. The Kier molecular flexibility index (Phi) is 5.84. The highest BCUT2D eigenvalue weighted by atomic mass is 32.1. The maximum absolute atomic E-state index is 12.8. The van der Waals surface area contributed by atoms with Gasteiger partial charge in [-0.1, -0.05) is 18.2 Å². The molecule has 152 valence electrons. The molecular weight excluding hydrogens is 394 g/mol. The lowest BCUT2D eigenvalue weighted by molar-refractivity contribution is 0.102. The molecule has 4 rings (SSSR count). The molecule has 0 atom stereocenters. The lowest BCUT2D eigenvalue weighted by Gasteiger charge is -2.30. The Morgan fingerprint density at radius 3 is 2.50 bits per heavy atom. The van der Waals surface area contributed by atoms with Crippen molar-refractivity contribution in [3.8, 4) is 17.6 Å². The highest BCUT2D eigenvalue weighted by Gasteiger charge is 2.26. The first-order valence-corrected chi connectivity index (χ1v) is 10.8. The van der Waals surface area contributed by atoms with Crippen molar-refractivity contribution in [2.45, 2.75) is 32.9 Å². The van der Waals surface area contributed by atoms with Crippen molar-refractivity contribution in [1.82, 2.24) is 4.90 Å². The quantitative estimate of drug-likeness (QED) is 0.601. The molecule has 3 aromatic rings. The van der Waals surface area contributed by atoms with Crippen molar-refractivity contribution in [1.29, 1.82) is 5.26 Å². The fourth-order valence-electron chi connectivity index (χ4n) is 3.54. The molecule has 0 saturated carbocycles. The fourth-order valence-corrected chi connectivity index (χ4v) is 4.76. The molecule has 0 radical (unpaired) electrons. The normalized spacial score (nSPS) is 13.5. The lowest BCUT2D eigenvalue weighted by Crippen LogP contribution is -2.35. The minimum Gasteiger partial charge on any atom is -0.457 e. The molecule has 0 saturated heterocycles. The first-order chi connectivity index (χ1) is 14.5. The zero-order valence-electron chi connectivity index (χ0n) is 17.0. The van der Waals surface area contributed by atoms with E-state index in [9.17, 15) is 10.1 Å². The van der Waals surface area contributed by atoms with Crippen LogP contribution in [0.1, 0.15) is 40.2 Å². The average molecular weight is 418 g/mol. The van der Waals surface area contributed by atoms with Gasteiger partial charge < -0.3 is 10.1 Å². The largest absolute Gasteiger partial charge is 0.457 e. The molecule has 1 aromatic heterocycles. The number of nitrogens with one attached hydrogen (secondary N) is 1. The fraction of sp³-hybridized carbons (Fsp3) is 0.250. The van der Waals surface area contributed by atoms with Crippen LogP contribution >= 0.6 is 11.3 Å². The Morgan fingerprint density at radius 2 is 1.83 bits per heavy atom. The Morgan fingerprint density at radius 1 is 1.13 bits per heavy atom. The molecule has 0 fully saturated rings. The molecular formula is C24H23N3O2S. The second-order valence-electron chi connectivity index (χ2n) is 7.53. The molecule has 1 N–H and O–H groups in total. The number of hydrogen-bond donors (Lipinski definition) is 1. The maximum atomic E-state index is 12.8. The number of nitriles is 1. The molecule has 1 aliphatic heterocycles. The summed E-state index contributed by atoms with van der Waals surface area (Å²) >= 11 is 1.51. The third kappa shape index (κ3) is 4.23. The number of nitrogens with zero attached hydrogens (tertiary/aromatic N) is 2. The minimum atomic E-state index is -0.225. The zero-order chi connectivity index (χ0) is 21.1. The number of fused-ring (bicyclic) bond motifs is 1. The van der Waals surface area contributed by atoms with Crippen LogP contribution in [-0.4, -0.2) is 23.4 Å². The van der Waals surface area contributed by atoms with E-state index in [1.165, 1.54) is 16.2 Å². The third-order valence-corrected chi connectivity index (χ3v) is 6.38. The van der Waals surface area contributed by atoms with Crippen LogP contribution in [0.3, 0.4) is 0 Å². The standard InChI is InChI=1S/C24H23N3O2S/c1-16(2)27-13-12-20-21(14-25)24(30-22(20)15-27)26-23(28)17-8-10-19(11-9-17)29-18-6-4-3-5-7-18/h3-11,16H,12-13,15H2,1-2H3,(H,26,28). The van der Waals surface area contributed by atoms with Gasteiger partial charge in [-0.3, -0.25) is 9.69 Å². The zero-order valence-corrected chi connectivity index (χ0v) is 17.8. The van der Waals surface area contributed by atoms with Gasteiger partial charge in [0.15, 0.2) is 0 Å². The summed E-state index contributed by atoms with van der Waals surface area (Å²) in [5, 5.41) is 13.3. The van der Waals surface area contributed by atoms with Crippen LogP contribution in [-0.2, 0) is 13.0 Å². The second kappa shape index (κ2) is 8.70. The van der Waals surface area contributed by atoms with E-state index >= 15 is 0 Å². The van der Waals surface area contributed by atoms with Gasteiger partial charge in [-0.05, 0) is 62.2 Å². The van der Waals surface area contributed by atoms with Gasteiger partial charge in [0.25, 0.3) is 5.91 Å². The van der Waals surface area contributed by atoms with E-state index < -0.39 is 0 Å². The molecule has 30 heavy (non-hydrogen) atoms. The van der Waals surface area contributed by atoms with Crippen molar-refractivity contribution in [3.63, 3.8) is 0 Å². The number of thiophene rings is 1. The van der Waals surface area contributed by atoms with Gasteiger partial charge >= 0.3 is 0 Å². The smallest absolute Gasteiger partial charge is 0.256 e. The van der Waals surface area contributed by atoms with Crippen molar-refractivity contribution >= 4 is 22.2 Å². The molecule has 2 aromatic carbocycles. The topological polar surface area (TPSA) is 65.4 Å². The first kappa shape index (κ1) is 20.1.